The summed E-state index contributed by atoms with van der Waals surface area (Å²) in [6.07, 6.45) is 5.28. The maximum Gasteiger partial charge on any atom is 0.158 e. The maximum absolute atomic E-state index is 9.32. The van der Waals surface area contributed by atoms with E-state index in [1.54, 1.807) is 0 Å². The van der Waals surface area contributed by atoms with E-state index < -0.39 is 0 Å². The maximum atomic E-state index is 9.32. The van der Waals surface area contributed by atoms with Gasteiger partial charge in [-0.2, -0.15) is 4.37 Å². The van der Waals surface area contributed by atoms with Crippen molar-refractivity contribution in [3.63, 3.8) is 0 Å². The molecule has 0 radical (unpaired) electrons. The molecule has 0 aliphatic rings. The zero-order valence-electron chi connectivity index (χ0n) is 16.2. The molecule has 0 aliphatic heterocycles. The van der Waals surface area contributed by atoms with Gasteiger partial charge in [0.15, 0.2) is 5.82 Å². The topological polar surface area (TPSA) is 85.1 Å². The third-order valence-electron chi connectivity index (χ3n) is 4.91. The number of aryl methyl sites for hydroxylation is 1. The van der Waals surface area contributed by atoms with Gasteiger partial charge in [-0.25, -0.2) is 9.97 Å². The molecule has 8 heteroatoms. The summed E-state index contributed by atoms with van der Waals surface area (Å²) in [4.78, 5) is 8.71. The summed E-state index contributed by atoms with van der Waals surface area (Å²) >= 11 is 1.46. The lowest BCUT2D eigenvalue weighted by Gasteiger charge is -2.13. The van der Waals surface area contributed by atoms with Crippen molar-refractivity contribution in [1.29, 1.82) is 0 Å². The second-order valence-electron chi connectivity index (χ2n) is 6.89. The summed E-state index contributed by atoms with van der Waals surface area (Å²) in [5.74, 6) is 2.28. The molecule has 0 saturated heterocycles. The van der Waals surface area contributed by atoms with Crippen molar-refractivity contribution in [3.8, 4) is 11.5 Å². The molecule has 0 aliphatic carbocycles. The van der Waals surface area contributed by atoms with Crippen molar-refractivity contribution in [2.75, 3.05) is 11.9 Å². The van der Waals surface area contributed by atoms with Crippen molar-refractivity contribution in [2.45, 2.75) is 13.5 Å². The van der Waals surface area contributed by atoms with Gasteiger partial charge in [-0.1, -0.05) is 6.07 Å². The van der Waals surface area contributed by atoms with E-state index in [2.05, 4.69) is 19.7 Å². The number of benzene rings is 2. The Bertz CT molecular complexity index is 1340. The average Bonchev–Trinajstić information content (AvgIpc) is 3.39. The average molecular weight is 417 g/mol. The molecule has 0 saturated carbocycles. The first-order valence-electron chi connectivity index (χ1n) is 9.52. The first-order chi connectivity index (χ1) is 14.7. The van der Waals surface area contributed by atoms with Gasteiger partial charge < -0.3 is 19.7 Å². The Kier molecular flexibility index (Phi) is 4.78. The van der Waals surface area contributed by atoms with E-state index in [1.165, 1.54) is 17.9 Å². The second-order valence-corrected chi connectivity index (χ2v) is 7.72. The van der Waals surface area contributed by atoms with Gasteiger partial charge in [-0.3, -0.25) is 0 Å². The number of nitrogens with one attached hydrogen (secondary N) is 1. The van der Waals surface area contributed by atoms with Gasteiger partial charge >= 0.3 is 0 Å². The molecule has 5 aromatic rings. The standard InChI is InChI=1S/C22H19N5O2S/c1-14-11-15(26-22-21-17(23-13-24-22)7-8-27(21)9-10-28)5-6-18(14)29-19-3-2-4-20-16(19)12-25-30-20/h2-8,11-13,28H,9-10H2,1H3,(H,23,24,26). The van der Waals surface area contributed by atoms with Crippen LogP contribution in [0, 0.1) is 6.92 Å². The van der Waals surface area contributed by atoms with Crippen LogP contribution in [0.25, 0.3) is 21.1 Å². The van der Waals surface area contributed by atoms with Gasteiger partial charge in [0.05, 0.1) is 28.4 Å². The molecular weight excluding hydrogens is 398 g/mol. The van der Waals surface area contributed by atoms with Crippen LogP contribution in [-0.2, 0) is 6.54 Å². The van der Waals surface area contributed by atoms with Crippen LogP contribution in [0.15, 0.2) is 61.2 Å². The van der Waals surface area contributed by atoms with Crippen LogP contribution < -0.4 is 10.1 Å². The van der Waals surface area contributed by atoms with Crippen molar-refractivity contribution >= 4 is 44.2 Å². The SMILES string of the molecule is Cc1cc(Nc2ncnc3ccn(CCO)c23)ccc1Oc1cccc2sncc12. The number of hydrogen-bond acceptors (Lipinski definition) is 7. The number of aliphatic hydroxyl groups excluding tert-OH is 1. The highest BCUT2D eigenvalue weighted by atomic mass is 32.1. The molecular formula is C22H19N5O2S. The van der Waals surface area contributed by atoms with Crippen LogP contribution in [-0.4, -0.2) is 30.6 Å². The van der Waals surface area contributed by atoms with Gasteiger partial charge in [-0.15, -0.1) is 0 Å². The van der Waals surface area contributed by atoms with Crippen molar-refractivity contribution < 1.29 is 9.84 Å². The molecule has 30 heavy (non-hydrogen) atoms. The molecule has 0 atom stereocenters. The van der Waals surface area contributed by atoms with Crippen LogP contribution in [0.4, 0.5) is 11.5 Å². The van der Waals surface area contributed by atoms with Crippen LogP contribution in [0.1, 0.15) is 5.56 Å². The molecule has 5 rings (SSSR count). The summed E-state index contributed by atoms with van der Waals surface area (Å²) in [7, 11) is 0. The van der Waals surface area contributed by atoms with Crippen LogP contribution in [0.2, 0.25) is 0 Å². The summed E-state index contributed by atoms with van der Waals surface area (Å²) < 4.78 is 13.5. The van der Waals surface area contributed by atoms with E-state index in [4.69, 9.17) is 4.74 Å². The van der Waals surface area contributed by atoms with E-state index in [1.807, 2.05) is 66.3 Å². The van der Waals surface area contributed by atoms with E-state index in [0.717, 1.165) is 43.9 Å². The Balaban J connectivity index is 1.44. The number of anilines is 2. The molecule has 3 aromatic heterocycles. The predicted octanol–water partition coefficient (Wildman–Crippen LogP) is 4.88. The molecule has 0 bridgehead atoms. The summed E-state index contributed by atoms with van der Waals surface area (Å²) in [5.41, 5.74) is 3.58. The third-order valence-corrected chi connectivity index (χ3v) is 5.67. The lowest BCUT2D eigenvalue weighted by molar-refractivity contribution is 0.278. The molecule has 0 amide bonds. The normalized spacial score (nSPS) is 11.3. The molecule has 2 aromatic carbocycles. The van der Waals surface area contributed by atoms with E-state index >= 15 is 0 Å². The first kappa shape index (κ1) is 18.5. The van der Waals surface area contributed by atoms with Crippen LogP contribution >= 0.6 is 11.5 Å². The van der Waals surface area contributed by atoms with Crippen molar-refractivity contribution in [2.24, 2.45) is 0 Å². The van der Waals surface area contributed by atoms with Gasteiger partial charge in [0, 0.05) is 18.4 Å². The molecule has 2 N–H and O–H groups in total. The Morgan fingerprint density at radius 1 is 1.13 bits per heavy atom. The Labute approximate surface area is 176 Å². The first-order valence-corrected chi connectivity index (χ1v) is 10.3. The van der Waals surface area contributed by atoms with E-state index in [9.17, 15) is 5.11 Å². The molecule has 0 fully saturated rings. The lowest BCUT2D eigenvalue weighted by atomic mass is 10.2. The number of aromatic nitrogens is 4. The Morgan fingerprint density at radius 2 is 2.07 bits per heavy atom. The largest absolute Gasteiger partial charge is 0.456 e. The number of fused-ring (bicyclic) bond motifs is 2. The summed E-state index contributed by atoms with van der Waals surface area (Å²) in [5, 5.41) is 13.7. The van der Waals surface area contributed by atoms with Gasteiger partial charge in [0.2, 0.25) is 0 Å². The van der Waals surface area contributed by atoms with Gasteiger partial charge in [-0.05, 0) is 60.4 Å². The van der Waals surface area contributed by atoms with E-state index in [-0.39, 0.29) is 6.61 Å². The second kappa shape index (κ2) is 7.74. The molecule has 7 nitrogen and oxygen atoms in total. The predicted molar refractivity (Wildman–Crippen MR) is 119 cm³/mol. The summed E-state index contributed by atoms with van der Waals surface area (Å²) in [6, 6.07) is 13.8. The fourth-order valence-corrected chi connectivity index (χ4v) is 4.13. The number of rotatable bonds is 6. The van der Waals surface area contributed by atoms with Crippen LogP contribution in [0.3, 0.4) is 0 Å². The summed E-state index contributed by atoms with van der Waals surface area (Å²) in [6.45, 7) is 2.55. The lowest BCUT2D eigenvalue weighted by Crippen LogP contribution is -2.04. The zero-order valence-corrected chi connectivity index (χ0v) is 17.1. The van der Waals surface area contributed by atoms with Crippen molar-refractivity contribution in [3.05, 3.63) is 66.7 Å². The minimum atomic E-state index is 0.0513. The Morgan fingerprint density at radius 3 is 2.93 bits per heavy atom. The smallest absolute Gasteiger partial charge is 0.158 e. The fraction of sp³-hybridized carbons (Fsp3) is 0.136. The quantitative estimate of drug-likeness (QED) is 0.410. The fourth-order valence-electron chi connectivity index (χ4n) is 3.47. The number of hydrogen-bond donors (Lipinski definition) is 2. The number of aliphatic hydroxyl groups is 1. The monoisotopic (exact) mass is 417 g/mol. The Hall–Kier alpha value is -3.49. The molecule has 0 spiro atoms. The minimum Gasteiger partial charge on any atom is -0.456 e. The molecule has 0 unspecified atom stereocenters. The van der Waals surface area contributed by atoms with Crippen molar-refractivity contribution in [1.82, 2.24) is 18.9 Å². The number of ether oxygens (including phenoxy) is 1. The minimum absolute atomic E-state index is 0.0513. The van der Waals surface area contributed by atoms with Gasteiger partial charge in [0.25, 0.3) is 0 Å². The molecule has 150 valence electrons. The highest BCUT2D eigenvalue weighted by molar-refractivity contribution is 7.13. The highest BCUT2D eigenvalue weighted by Gasteiger charge is 2.11. The van der Waals surface area contributed by atoms with Gasteiger partial charge in [0.1, 0.15) is 23.3 Å². The van der Waals surface area contributed by atoms with Crippen LogP contribution in [0.5, 0.6) is 11.5 Å². The zero-order chi connectivity index (χ0) is 20.5. The number of nitrogens with zero attached hydrogens (tertiary/aromatic N) is 4. The molecule has 3 heterocycles. The van der Waals surface area contributed by atoms with E-state index in [0.29, 0.717) is 12.4 Å². The third kappa shape index (κ3) is 3.36. The highest BCUT2D eigenvalue weighted by Crippen LogP contribution is 2.34.